The van der Waals surface area contributed by atoms with Gasteiger partial charge in [0, 0.05) is 19.6 Å². The fourth-order valence-electron chi connectivity index (χ4n) is 3.82. The largest absolute Gasteiger partial charge is 0.493 e. The molecule has 2 N–H and O–H groups in total. The van der Waals surface area contributed by atoms with Crippen LogP contribution < -0.4 is 19.1 Å². The molecule has 0 atom stereocenters. The van der Waals surface area contributed by atoms with Crippen molar-refractivity contribution in [2.75, 3.05) is 33.9 Å². The lowest BCUT2D eigenvalue weighted by atomic mass is 9.98. The minimum absolute atomic E-state index is 0. The fourth-order valence-corrected chi connectivity index (χ4v) is 5.77. The van der Waals surface area contributed by atoms with Gasteiger partial charge >= 0.3 is 4.87 Å². The maximum absolute atomic E-state index is 12.6. The Balaban J connectivity index is 0.00000289. The first kappa shape index (κ1) is 24.5. The van der Waals surface area contributed by atoms with Crippen LogP contribution in [0.4, 0.5) is 0 Å². The number of hydrogen-bond acceptors (Lipinski definition) is 7. The monoisotopic (exact) mass is 499 g/mol. The molecule has 1 aromatic heterocycles. The number of aromatic nitrogens is 1. The minimum Gasteiger partial charge on any atom is -0.493 e. The van der Waals surface area contributed by atoms with E-state index in [2.05, 4.69) is 14.6 Å². The van der Waals surface area contributed by atoms with E-state index in [-0.39, 0.29) is 22.2 Å². The molecule has 0 bridgehead atoms. The predicted octanol–water partition coefficient (Wildman–Crippen LogP) is 2.76. The smallest absolute Gasteiger partial charge is 0.305 e. The third-order valence-corrected chi connectivity index (χ3v) is 7.75. The number of fused-ring (bicyclic) bond motifs is 2. The van der Waals surface area contributed by atoms with Crippen molar-refractivity contribution < 1.29 is 17.9 Å². The Morgan fingerprint density at radius 3 is 2.56 bits per heavy atom. The summed E-state index contributed by atoms with van der Waals surface area (Å²) in [6, 6.07) is 8.72. The number of sulfonamides is 1. The lowest BCUT2D eigenvalue weighted by Crippen LogP contribution is -2.33. The van der Waals surface area contributed by atoms with Crippen LogP contribution in [0.3, 0.4) is 0 Å². The highest BCUT2D eigenvalue weighted by Gasteiger charge is 2.20. The molecule has 0 radical (unpaired) electrons. The molecule has 0 amide bonds. The summed E-state index contributed by atoms with van der Waals surface area (Å²) in [5.41, 5.74) is 3.12. The molecule has 0 saturated heterocycles. The topological polar surface area (TPSA) is 101 Å². The van der Waals surface area contributed by atoms with Crippen molar-refractivity contribution in [3.05, 3.63) is 51.1 Å². The maximum atomic E-state index is 12.6. The lowest BCUT2D eigenvalue weighted by molar-refractivity contribution is 0.250. The molecule has 4 rings (SSSR count). The van der Waals surface area contributed by atoms with Crippen molar-refractivity contribution in [2.45, 2.75) is 24.3 Å². The van der Waals surface area contributed by atoms with E-state index in [9.17, 15) is 13.2 Å². The SMILES string of the molecule is COc1cc2c(cc1OC)CN(CCCNS(=O)(=O)c1ccc3[nH]c(=O)sc3c1)CC2.Cl. The molecular weight excluding hydrogens is 474 g/mol. The molecule has 8 nitrogen and oxygen atoms in total. The van der Waals surface area contributed by atoms with Crippen LogP contribution in [0.5, 0.6) is 11.5 Å². The molecule has 1 aliphatic rings. The first-order chi connectivity index (χ1) is 14.9. The van der Waals surface area contributed by atoms with E-state index >= 15 is 0 Å². The van der Waals surface area contributed by atoms with Crippen LogP contribution >= 0.6 is 23.7 Å². The Bertz CT molecular complexity index is 1260. The van der Waals surface area contributed by atoms with Gasteiger partial charge < -0.3 is 14.5 Å². The van der Waals surface area contributed by atoms with Gasteiger partial charge in [-0.1, -0.05) is 11.3 Å². The number of methoxy groups -OCH3 is 2. The molecule has 0 fully saturated rings. The van der Waals surface area contributed by atoms with Crippen molar-refractivity contribution >= 4 is 44.0 Å². The highest BCUT2D eigenvalue weighted by Crippen LogP contribution is 2.33. The molecule has 11 heteroatoms. The van der Waals surface area contributed by atoms with Crippen molar-refractivity contribution in [3.63, 3.8) is 0 Å². The van der Waals surface area contributed by atoms with E-state index in [1.54, 1.807) is 20.3 Å². The zero-order chi connectivity index (χ0) is 22.0. The summed E-state index contributed by atoms with van der Waals surface area (Å²) in [6.07, 6.45) is 1.61. The molecule has 2 aromatic carbocycles. The van der Waals surface area contributed by atoms with Gasteiger partial charge in [-0.15, -0.1) is 12.4 Å². The van der Waals surface area contributed by atoms with Crippen LogP contribution in [-0.4, -0.2) is 52.2 Å². The summed E-state index contributed by atoms with van der Waals surface area (Å²) in [4.78, 5) is 16.4. The number of nitrogens with one attached hydrogen (secondary N) is 2. The van der Waals surface area contributed by atoms with Gasteiger partial charge in [0.25, 0.3) is 0 Å². The average Bonchev–Trinajstić information content (AvgIpc) is 3.14. The van der Waals surface area contributed by atoms with Gasteiger partial charge in [0.05, 0.1) is 29.3 Å². The van der Waals surface area contributed by atoms with Crippen LogP contribution in [0.25, 0.3) is 10.2 Å². The number of nitrogens with zero attached hydrogens (tertiary/aromatic N) is 1. The van der Waals surface area contributed by atoms with Crippen LogP contribution in [0.1, 0.15) is 17.5 Å². The van der Waals surface area contributed by atoms with Gasteiger partial charge in [0.15, 0.2) is 11.5 Å². The quantitative estimate of drug-likeness (QED) is 0.462. The summed E-state index contributed by atoms with van der Waals surface area (Å²) in [5.74, 6) is 1.47. The summed E-state index contributed by atoms with van der Waals surface area (Å²) in [5, 5.41) is 0. The predicted molar refractivity (Wildman–Crippen MR) is 128 cm³/mol. The Morgan fingerprint density at radius 2 is 1.84 bits per heavy atom. The highest BCUT2D eigenvalue weighted by atomic mass is 35.5. The van der Waals surface area contributed by atoms with Crippen LogP contribution in [0.15, 0.2) is 40.0 Å². The Hall–Kier alpha value is -2.11. The molecule has 0 saturated carbocycles. The second-order valence-corrected chi connectivity index (χ2v) is 10.2. The van der Waals surface area contributed by atoms with E-state index in [0.717, 1.165) is 48.9 Å². The van der Waals surface area contributed by atoms with Gasteiger partial charge in [-0.3, -0.25) is 9.69 Å². The highest BCUT2D eigenvalue weighted by molar-refractivity contribution is 7.89. The molecule has 32 heavy (non-hydrogen) atoms. The number of benzene rings is 2. The lowest BCUT2D eigenvalue weighted by Gasteiger charge is -2.29. The van der Waals surface area contributed by atoms with Crippen molar-refractivity contribution in [1.82, 2.24) is 14.6 Å². The van der Waals surface area contributed by atoms with E-state index < -0.39 is 10.0 Å². The van der Waals surface area contributed by atoms with Crippen LogP contribution in [0.2, 0.25) is 0 Å². The van der Waals surface area contributed by atoms with Gasteiger partial charge in [-0.2, -0.15) is 0 Å². The van der Waals surface area contributed by atoms with Crippen LogP contribution in [0, 0.1) is 0 Å². The first-order valence-corrected chi connectivity index (χ1v) is 12.3. The number of ether oxygens (including phenoxy) is 2. The Morgan fingerprint density at radius 1 is 1.12 bits per heavy atom. The molecule has 3 aromatic rings. The van der Waals surface area contributed by atoms with E-state index in [4.69, 9.17) is 9.47 Å². The van der Waals surface area contributed by atoms with Crippen molar-refractivity contribution in [1.29, 1.82) is 0 Å². The number of thiazole rings is 1. The molecule has 0 aliphatic carbocycles. The third kappa shape index (κ3) is 5.26. The fraction of sp³-hybridized carbons (Fsp3) is 0.381. The summed E-state index contributed by atoms with van der Waals surface area (Å²) in [7, 11) is -0.352. The molecule has 1 aliphatic heterocycles. The first-order valence-electron chi connectivity index (χ1n) is 9.98. The number of hydrogen-bond donors (Lipinski definition) is 2. The Kier molecular flexibility index (Phi) is 7.84. The average molecular weight is 500 g/mol. The number of halogens is 1. The standard InChI is InChI=1S/C21H25N3O5S2.ClH/c1-28-18-10-14-6-9-24(13-15(14)11-19(18)29-2)8-3-7-22-31(26,27)16-4-5-17-20(12-16)30-21(25)23-17;/h4-5,10-12,22H,3,6-9,13H2,1-2H3,(H,23,25);1H. The zero-order valence-electron chi connectivity index (χ0n) is 17.8. The molecular formula is C21H26ClN3O5S2. The van der Waals surface area contributed by atoms with Crippen LogP contribution in [-0.2, 0) is 23.0 Å². The molecule has 174 valence electrons. The molecule has 0 spiro atoms. The van der Waals surface area contributed by atoms with Crippen molar-refractivity contribution in [2.24, 2.45) is 0 Å². The maximum Gasteiger partial charge on any atom is 0.305 e. The number of aromatic amines is 1. The molecule has 2 heterocycles. The normalized spacial score (nSPS) is 14.1. The second-order valence-electron chi connectivity index (χ2n) is 7.43. The van der Waals surface area contributed by atoms with E-state index in [1.165, 1.54) is 23.3 Å². The number of H-pyrrole nitrogens is 1. The summed E-state index contributed by atoms with van der Waals surface area (Å²) < 4.78 is 39.3. The summed E-state index contributed by atoms with van der Waals surface area (Å²) in [6.45, 7) is 2.84. The molecule has 0 unspecified atom stereocenters. The van der Waals surface area contributed by atoms with Gasteiger partial charge in [-0.05, 0) is 60.8 Å². The third-order valence-electron chi connectivity index (χ3n) is 5.44. The van der Waals surface area contributed by atoms with E-state index in [0.29, 0.717) is 23.2 Å². The van der Waals surface area contributed by atoms with Gasteiger partial charge in [-0.25, -0.2) is 13.1 Å². The summed E-state index contributed by atoms with van der Waals surface area (Å²) >= 11 is 1.00. The van der Waals surface area contributed by atoms with Gasteiger partial charge in [0.1, 0.15) is 0 Å². The van der Waals surface area contributed by atoms with Crippen molar-refractivity contribution in [3.8, 4) is 11.5 Å². The van der Waals surface area contributed by atoms with Gasteiger partial charge in [0.2, 0.25) is 10.0 Å². The Labute approximate surface area is 197 Å². The number of rotatable bonds is 8. The second kappa shape index (κ2) is 10.2. The zero-order valence-corrected chi connectivity index (χ0v) is 20.3. The minimum atomic E-state index is -3.62. The van der Waals surface area contributed by atoms with E-state index in [1.807, 2.05) is 12.1 Å².